The highest BCUT2D eigenvalue weighted by Crippen LogP contribution is 2.21. The number of aromatic amines is 1. The number of hydrogen-bond acceptors (Lipinski definition) is 5. The Kier molecular flexibility index (Phi) is 4.02. The Morgan fingerprint density at radius 3 is 2.85 bits per heavy atom. The van der Waals surface area contributed by atoms with Gasteiger partial charge < -0.3 is 11.1 Å². The number of nitrogens with one attached hydrogen (secondary N) is 2. The molecular formula is C12H19N7O. The van der Waals surface area contributed by atoms with Gasteiger partial charge in [-0.2, -0.15) is 10.2 Å². The predicted molar refractivity (Wildman–Crippen MR) is 74.1 cm³/mol. The Balaban J connectivity index is 1.92. The van der Waals surface area contributed by atoms with Crippen LogP contribution in [-0.4, -0.2) is 37.4 Å². The molecular weight excluding hydrogens is 258 g/mol. The fourth-order valence-corrected chi connectivity index (χ4v) is 1.85. The molecule has 2 rings (SSSR count). The van der Waals surface area contributed by atoms with Crippen LogP contribution in [0.15, 0.2) is 6.33 Å². The number of anilines is 1. The topological polar surface area (TPSA) is 115 Å². The lowest BCUT2D eigenvalue weighted by Gasteiger charge is -2.04. The van der Waals surface area contributed by atoms with Gasteiger partial charge >= 0.3 is 0 Å². The molecule has 0 bridgehead atoms. The molecule has 8 heteroatoms. The van der Waals surface area contributed by atoms with E-state index in [2.05, 4.69) is 25.6 Å². The molecule has 0 aliphatic rings. The average Bonchev–Trinajstić information content (AvgIpc) is 2.95. The van der Waals surface area contributed by atoms with Crippen molar-refractivity contribution in [3.63, 3.8) is 0 Å². The molecule has 0 unspecified atom stereocenters. The Hall–Kier alpha value is -2.38. The zero-order chi connectivity index (χ0) is 14.7. The number of aromatic nitrogens is 5. The highest BCUT2D eigenvalue weighted by Gasteiger charge is 2.18. The van der Waals surface area contributed by atoms with Gasteiger partial charge in [0.15, 0.2) is 11.5 Å². The quantitative estimate of drug-likeness (QED) is 0.723. The lowest BCUT2D eigenvalue weighted by Crippen LogP contribution is -2.27. The van der Waals surface area contributed by atoms with E-state index >= 15 is 0 Å². The number of nitrogens with zero attached hydrogens (tertiary/aromatic N) is 4. The molecule has 0 saturated heterocycles. The van der Waals surface area contributed by atoms with Crippen molar-refractivity contribution in [2.24, 2.45) is 7.05 Å². The van der Waals surface area contributed by atoms with E-state index in [1.165, 1.54) is 0 Å². The van der Waals surface area contributed by atoms with E-state index in [4.69, 9.17) is 5.73 Å². The van der Waals surface area contributed by atoms with E-state index in [0.29, 0.717) is 24.5 Å². The zero-order valence-electron chi connectivity index (χ0n) is 11.8. The van der Waals surface area contributed by atoms with Crippen molar-refractivity contribution in [2.75, 3.05) is 12.3 Å². The van der Waals surface area contributed by atoms with Gasteiger partial charge in [-0.25, -0.2) is 4.98 Å². The van der Waals surface area contributed by atoms with Crippen molar-refractivity contribution in [3.8, 4) is 0 Å². The molecule has 0 spiro atoms. The fourth-order valence-electron chi connectivity index (χ4n) is 1.85. The summed E-state index contributed by atoms with van der Waals surface area (Å²) in [6.45, 7) is 4.41. The largest absolute Gasteiger partial charge is 0.395 e. The van der Waals surface area contributed by atoms with E-state index in [1.807, 2.05) is 13.8 Å². The van der Waals surface area contributed by atoms with Crippen molar-refractivity contribution in [3.05, 3.63) is 23.5 Å². The summed E-state index contributed by atoms with van der Waals surface area (Å²) < 4.78 is 1.62. The van der Waals surface area contributed by atoms with E-state index in [9.17, 15) is 4.79 Å². The number of hydrogen-bond donors (Lipinski definition) is 3. The van der Waals surface area contributed by atoms with Crippen LogP contribution < -0.4 is 11.1 Å². The molecule has 2 aromatic heterocycles. The molecule has 0 aromatic carbocycles. The molecule has 0 aliphatic carbocycles. The molecule has 0 saturated carbocycles. The van der Waals surface area contributed by atoms with Gasteiger partial charge in [0.2, 0.25) is 0 Å². The number of nitrogen functional groups attached to an aromatic ring is 1. The molecule has 0 atom stereocenters. The molecule has 2 heterocycles. The second kappa shape index (κ2) is 5.72. The maximum Gasteiger partial charge on any atom is 0.273 e. The minimum atomic E-state index is -0.290. The average molecular weight is 277 g/mol. The first-order valence-corrected chi connectivity index (χ1v) is 6.45. The maximum absolute atomic E-state index is 12.0. The van der Waals surface area contributed by atoms with Crippen LogP contribution in [0.1, 0.15) is 41.8 Å². The predicted octanol–water partition coefficient (Wildman–Crippen LogP) is 0.216. The first kappa shape index (κ1) is 14.0. The van der Waals surface area contributed by atoms with Crippen molar-refractivity contribution in [1.29, 1.82) is 0 Å². The summed E-state index contributed by atoms with van der Waals surface area (Å²) in [5, 5.41) is 13.7. The van der Waals surface area contributed by atoms with Crippen LogP contribution in [0.3, 0.4) is 0 Å². The summed E-state index contributed by atoms with van der Waals surface area (Å²) in [4.78, 5) is 16.1. The van der Waals surface area contributed by atoms with Crippen LogP contribution in [0.5, 0.6) is 0 Å². The van der Waals surface area contributed by atoms with E-state index in [-0.39, 0.29) is 17.5 Å². The van der Waals surface area contributed by atoms with Crippen LogP contribution in [0.25, 0.3) is 0 Å². The number of aryl methyl sites for hydroxylation is 1. The second-order valence-electron chi connectivity index (χ2n) is 4.89. The Morgan fingerprint density at radius 2 is 2.30 bits per heavy atom. The number of carbonyl (C=O) groups is 1. The standard InChI is InChI=1S/C12H19N7O/c1-7(2)10-9(13)11(17-16-10)12(20)14-5-4-8-15-6-19(3)18-8/h6-7H,4-5,13H2,1-3H3,(H,14,20)(H,16,17). The van der Waals surface area contributed by atoms with Crippen LogP contribution in [0, 0.1) is 0 Å². The van der Waals surface area contributed by atoms with Gasteiger partial charge in [0.1, 0.15) is 6.33 Å². The van der Waals surface area contributed by atoms with E-state index < -0.39 is 0 Å². The highest BCUT2D eigenvalue weighted by molar-refractivity contribution is 5.97. The molecule has 0 radical (unpaired) electrons. The lowest BCUT2D eigenvalue weighted by atomic mass is 10.1. The maximum atomic E-state index is 12.0. The lowest BCUT2D eigenvalue weighted by molar-refractivity contribution is 0.0950. The second-order valence-corrected chi connectivity index (χ2v) is 4.89. The molecule has 2 aromatic rings. The molecule has 0 aliphatic heterocycles. The van der Waals surface area contributed by atoms with Gasteiger partial charge in [-0.15, -0.1) is 0 Å². The Labute approximate surface area is 116 Å². The van der Waals surface area contributed by atoms with Gasteiger partial charge in [0.25, 0.3) is 5.91 Å². The van der Waals surface area contributed by atoms with Gasteiger partial charge in [0, 0.05) is 20.0 Å². The number of rotatable bonds is 5. The molecule has 1 amide bonds. The molecule has 108 valence electrons. The normalized spacial score (nSPS) is 11.0. The van der Waals surface area contributed by atoms with Crippen molar-refractivity contribution in [2.45, 2.75) is 26.2 Å². The van der Waals surface area contributed by atoms with E-state index in [0.717, 1.165) is 5.69 Å². The highest BCUT2D eigenvalue weighted by atomic mass is 16.1. The Bertz CT molecular complexity index is 599. The molecule has 20 heavy (non-hydrogen) atoms. The van der Waals surface area contributed by atoms with Crippen LogP contribution in [0.2, 0.25) is 0 Å². The van der Waals surface area contributed by atoms with Gasteiger partial charge in [-0.05, 0) is 5.92 Å². The van der Waals surface area contributed by atoms with Crippen molar-refractivity contribution in [1.82, 2.24) is 30.3 Å². The van der Waals surface area contributed by atoms with Gasteiger partial charge in [-0.1, -0.05) is 13.8 Å². The number of carbonyl (C=O) groups excluding carboxylic acids is 1. The fraction of sp³-hybridized carbons (Fsp3) is 0.500. The van der Waals surface area contributed by atoms with Crippen LogP contribution in [0.4, 0.5) is 5.69 Å². The van der Waals surface area contributed by atoms with Gasteiger partial charge in [-0.3, -0.25) is 14.6 Å². The minimum Gasteiger partial charge on any atom is -0.395 e. The monoisotopic (exact) mass is 277 g/mol. The third-order valence-electron chi connectivity index (χ3n) is 2.91. The summed E-state index contributed by atoms with van der Waals surface area (Å²) >= 11 is 0. The smallest absolute Gasteiger partial charge is 0.273 e. The summed E-state index contributed by atoms with van der Waals surface area (Å²) in [6.07, 6.45) is 2.19. The third kappa shape index (κ3) is 2.95. The SMILES string of the molecule is CC(C)c1[nH]nc(C(=O)NCCc2ncn(C)n2)c1N. The van der Waals surface area contributed by atoms with E-state index in [1.54, 1.807) is 18.1 Å². The summed E-state index contributed by atoms with van der Waals surface area (Å²) in [5.74, 6) is 0.592. The van der Waals surface area contributed by atoms with Crippen molar-refractivity contribution < 1.29 is 4.79 Å². The number of H-pyrrole nitrogens is 1. The number of nitrogens with two attached hydrogens (primary N) is 1. The summed E-state index contributed by atoms with van der Waals surface area (Å²) in [5.41, 5.74) is 7.34. The van der Waals surface area contributed by atoms with Crippen LogP contribution >= 0.6 is 0 Å². The number of amides is 1. The van der Waals surface area contributed by atoms with Gasteiger partial charge in [0.05, 0.1) is 11.4 Å². The third-order valence-corrected chi connectivity index (χ3v) is 2.91. The first-order valence-electron chi connectivity index (χ1n) is 6.45. The molecule has 4 N–H and O–H groups in total. The first-order chi connectivity index (χ1) is 9.49. The zero-order valence-corrected chi connectivity index (χ0v) is 11.8. The van der Waals surface area contributed by atoms with Crippen molar-refractivity contribution >= 4 is 11.6 Å². The minimum absolute atomic E-state index is 0.196. The Morgan fingerprint density at radius 1 is 1.55 bits per heavy atom. The summed E-state index contributed by atoms with van der Waals surface area (Å²) in [7, 11) is 1.80. The van der Waals surface area contributed by atoms with Crippen LogP contribution in [-0.2, 0) is 13.5 Å². The molecule has 0 fully saturated rings. The summed E-state index contributed by atoms with van der Waals surface area (Å²) in [6, 6.07) is 0. The molecule has 8 nitrogen and oxygen atoms in total.